The summed E-state index contributed by atoms with van der Waals surface area (Å²) in [5, 5.41) is 2.85. The Morgan fingerprint density at radius 2 is 1.75 bits per heavy atom. The number of hydrogen-bond acceptors (Lipinski definition) is 6. The first-order valence-electron chi connectivity index (χ1n) is 10.6. The van der Waals surface area contributed by atoms with Crippen molar-refractivity contribution in [1.29, 1.82) is 0 Å². The zero-order valence-electron chi connectivity index (χ0n) is 18.8. The highest BCUT2D eigenvalue weighted by Crippen LogP contribution is 2.30. The zero-order valence-corrected chi connectivity index (χ0v) is 19.7. The molecule has 0 bridgehead atoms. The van der Waals surface area contributed by atoms with Crippen LogP contribution in [0.1, 0.15) is 11.1 Å². The van der Waals surface area contributed by atoms with E-state index in [2.05, 4.69) is 10.2 Å². The molecule has 1 saturated heterocycles. The van der Waals surface area contributed by atoms with Gasteiger partial charge in [0.2, 0.25) is 5.91 Å². The van der Waals surface area contributed by atoms with E-state index in [-0.39, 0.29) is 23.1 Å². The number of sulfonamides is 1. The molecule has 32 heavy (non-hydrogen) atoms. The van der Waals surface area contributed by atoms with Crippen LogP contribution in [0, 0.1) is 13.8 Å². The van der Waals surface area contributed by atoms with E-state index in [1.54, 1.807) is 30.3 Å². The van der Waals surface area contributed by atoms with Crippen LogP contribution in [0.5, 0.6) is 5.75 Å². The third-order valence-corrected chi connectivity index (χ3v) is 7.15. The quantitative estimate of drug-likeness (QED) is 0.614. The minimum Gasteiger partial charge on any atom is -0.495 e. The Hall–Kier alpha value is -2.62. The van der Waals surface area contributed by atoms with Gasteiger partial charge in [-0.2, -0.15) is 0 Å². The molecular formula is C23H31N3O5S. The number of hydrogen-bond donors (Lipinski definition) is 1. The van der Waals surface area contributed by atoms with Gasteiger partial charge in [0, 0.05) is 26.2 Å². The Balaban J connectivity index is 1.81. The molecule has 0 aromatic heterocycles. The average Bonchev–Trinajstić information content (AvgIpc) is 2.79. The Labute approximate surface area is 190 Å². The van der Waals surface area contributed by atoms with Crippen LogP contribution in [0.2, 0.25) is 0 Å². The number of ether oxygens (including phenoxy) is 2. The molecule has 1 aliphatic heterocycles. The smallest absolute Gasteiger partial charge is 0.268 e. The van der Waals surface area contributed by atoms with E-state index in [1.165, 1.54) is 7.11 Å². The summed E-state index contributed by atoms with van der Waals surface area (Å²) in [6.07, 6.45) is 0. The minimum absolute atomic E-state index is 0.0293. The van der Waals surface area contributed by atoms with Crippen molar-refractivity contribution >= 4 is 21.6 Å². The van der Waals surface area contributed by atoms with E-state index in [9.17, 15) is 13.2 Å². The molecule has 1 heterocycles. The predicted octanol–water partition coefficient (Wildman–Crippen LogP) is 1.96. The molecule has 1 amide bonds. The molecule has 0 unspecified atom stereocenters. The van der Waals surface area contributed by atoms with Crippen LogP contribution < -0.4 is 14.4 Å². The molecule has 0 spiro atoms. The third kappa shape index (κ3) is 5.99. The molecule has 2 aromatic rings. The summed E-state index contributed by atoms with van der Waals surface area (Å²) in [7, 11) is -2.62. The molecule has 0 saturated carbocycles. The van der Waals surface area contributed by atoms with Crippen LogP contribution in [0.4, 0.5) is 5.69 Å². The van der Waals surface area contributed by atoms with Gasteiger partial charge in [-0.3, -0.25) is 14.0 Å². The van der Waals surface area contributed by atoms with Crippen LogP contribution in [0.25, 0.3) is 0 Å². The number of morpholine rings is 1. The molecule has 174 valence electrons. The number of benzene rings is 2. The summed E-state index contributed by atoms with van der Waals surface area (Å²) in [5.74, 6) is -0.130. The van der Waals surface area contributed by atoms with Crippen LogP contribution in [0.15, 0.2) is 47.4 Å². The fraction of sp³-hybridized carbons (Fsp3) is 0.435. The van der Waals surface area contributed by atoms with Gasteiger partial charge in [-0.15, -0.1) is 0 Å². The number of methoxy groups -OCH3 is 1. The number of nitrogens with zero attached hydrogens (tertiary/aromatic N) is 2. The third-order valence-electron chi connectivity index (χ3n) is 5.35. The number of aryl methyl sites for hydroxylation is 2. The highest BCUT2D eigenvalue weighted by Gasteiger charge is 2.30. The fourth-order valence-corrected chi connectivity index (χ4v) is 5.16. The number of nitrogens with one attached hydrogen (secondary N) is 1. The zero-order chi connectivity index (χ0) is 23.1. The van der Waals surface area contributed by atoms with Crippen molar-refractivity contribution in [2.75, 3.05) is 57.4 Å². The van der Waals surface area contributed by atoms with Crippen LogP contribution in [0.3, 0.4) is 0 Å². The Kier molecular flexibility index (Phi) is 8.11. The Bertz CT molecular complexity index is 1020. The lowest BCUT2D eigenvalue weighted by Crippen LogP contribution is -2.45. The summed E-state index contributed by atoms with van der Waals surface area (Å²) < 4.78 is 39.1. The van der Waals surface area contributed by atoms with E-state index in [1.807, 2.05) is 26.0 Å². The SMILES string of the molecule is COc1ccc(C)cc1S(=O)(=O)N(CC(=O)NCCN1CCOCC1)c1ccc(C)cc1. The molecule has 0 radical (unpaired) electrons. The van der Waals surface area contributed by atoms with Gasteiger partial charge in [0.1, 0.15) is 17.2 Å². The van der Waals surface area contributed by atoms with Gasteiger partial charge in [-0.05, 0) is 43.7 Å². The molecule has 0 atom stereocenters. The second-order valence-corrected chi connectivity index (χ2v) is 9.64. The molecule has 1 N–H and O–H groups in total. The normalized spacial score (nSPS) is 14.7. The fourth-order valence-electron chi connectivity index (χ4n) is 3.49. The maximum Gasteiger partial charge on any atom is 0.268 e. The Morgan fingerprint density at radius 3 is 2.41 bits per heavy atom. The van der Waals surface area contributed by atoms with Crippen molar-refractivity contribution in [3.63, 3.8) is 0 Å². The van der Waals surface area contributed by atoms with E-state index in [0.29, 0.717) is 32.0 Å². The van der Waals surface area contributed by atoms with Crippen molar-refractivity contribution in [3.8, 4) is 5.75 Å². The van der Waals surface area contributed by atoms with E-state index in [0.717, 1.165) is 28.5 Å². The summed E-state index contributed by atoms with van der Waals surface area (Å²) in [6.45, 7) is 7.56. The van der Waals surface area contributed by atoms with Crippen LogP contribution >= 0.6 is 0 Å². The molecule has 3 rings (SSSR count). The first kappa shape index (κ1) is 24.0. The number of carbonyl (C=O) groups excluding carboxylic acids is 1. The maximum absolute atomic E-state index is 13.7. The van der Waals surface area contributed by atoms with Crippen LogP contribution in [-0.2, 0) is 19.6 Å². The molecule has 2 aromatic carbocycles. The molecule has 8 nitrogen and oxygen atoms in total. The van der Waals surface area contributed by atoms with E-state index < -0.39 is 10.0 Å². The van der Waals surface area contributed by atoms with Gasteiger partial charge in [0.25, 0.3) is 10.0 Å². The van der Waals surface area contributed by atoms with Crippen molar-refractivity contribution in [2.24, 2.45) is 0 Å². The highest BCUT2D eigenvalue weighted by atomic mass is 32.2. The van der Waals surface area contributed by atoms with Crippen molar-refractivity contribution in [3.05, 3.63) is 53.6 Å². The summed E-state index contributed by atoms with van der Waals surface area (Å²) in [6, 6.07) is 12.0. The van der Waals surface area contributed by atoms with Gasteiger partial charge in [-0.25, -0.2) is 8.42 Å². The lowest BCUT2D eigenvalue weighted by Gasteiger charge is -2.27. The maximum atomic E-state index is 13.7. The molecular weight excluding hydrogens is 430 g/mol. The van der Waals surface area contributed by atoms with Gasteiger partial charge >= 0.3 is 0 Å². The summed E-state index contributed by atoms with van der Waals surface area (Å²) in [4.78, 5) is 15.0. The number of rotatable bonds is 9. The molecule has 1 aliphatic rings. The molecule has 9 heteroatoms. The number of anilines is 1. The molecule has 0 aliphatic carbocycles. The van der Waals surface area contributed by atoms with Gasteiger partial charge < -0.3 is 14.8 Å². The van der Waals surface area contributed by atoms with Crippen LogP contribution in [-0.4, -0.2) is 72.3 Å². The first-order valence-corrected chi connectivity index (χ1v) is 12.1. The van der Waals surface area contributed by atoms with Gasteiger partial charge in [0.15, 0.2) is 0 Å². The van der Waals surface area contributed by atoms with Gasteiger partial charge in [0.05, 0.1) is 26.0 Å². The number of carbonyl (C=O) groups is 1. The minimum atomic E-state index is -4.05. The second kappa shape index (κ2) is 10.8. The second-order valence-electron chi connectivity index (χ2n) is 7.81. The van der Waals surface area contributed by atoms with Crippen molar-refractivity contribution < 1.29 is 22.7 Å². The topological polar surface area (TPSA) is 88.2 Å². The highest BCUT2D eigenvalue weighted by molar-refractivity contribution is 7.93. The van der Waals surface area contributed by atoms with E-state index >= 15 is 0 Å². The van der Waals surface area contributed by atoms with E-state index in [4.69, 9.17) is 9.47 Å². The predicted molar refractivity (Wildman–Crippen MR) is 124 cm³/mol. The molecule has 1 fully saturated rings. The van der Waals surface area contributed by atoms with Gasteiger partial charge in [-0.1, -0.05) is 23.8 Å². The average molecular weight is 462 g/mol. The lowest BCUT2D eigenvalue weighted by atomic mass is 10.2. The Morgan fingerprint density at radius 1 is 1.09 bits per heavy atom. The number of amides is 1. The standard InChI is InChI=1S/C23H31N3O5S/c1-18-4-7-20(8-5-18)26(17-23(27)24-10-11-25-12-14-31-15-13-25)32(28,29)22-16-19(2)6-9-21(22)30-3/h4-9,16H,10-15,17H2,1-3H3,(H,24,27). The first-order chi connectivity index (χ1) is 15.3. The van der Waals surface area contributed by atoms with Crippen molar-refractivity contribution in [2.45, 2.75) is 18.7 Å². The monoisotopic (exact) mass is 461 g/mol. The van der Waals surface area contributed by atoms with Crippen molar-refractivity contribution in [1.82, 2.24) is 10.2 Å². The lowest BCUT2D eigenvalue weighted by molar-refractivity contribution is -0.119. The largest absolute Gasteiger partial charge is 0.495 e. The summed E-state index contributed by atoms with van der Waals surface area (Å²) >= 11 is 0. The summed E-state index contributed by atoms with van der Waals surface area (Å²) in [5.41, 5.74) is 2.19.